The minimum absolute atomic E-state index is 0.0401. The maximum atomic E-state index is 12.0. The fourth-order valence-corrected chi connectivity index (χ4v) is 3.62. The second-order valence-corrected chi connectivity index (χ2v) is 6.84. The smallest absolute Gasteiger partial charge is 0.230 e. The van der Waals surface area contributed by atoms with Gasteiger partial charge in [-0.1, -0.05) is 12.8 Å². The van der Waals surface area contributed by atoms with Crippen LogP contribution in [0, 0.1) is 0 Å². The summed E-state index contributed by atoms with van der Waals surface area (Å²) in [5.74, 6) is 2.03. The molecule has 0 atom stereocenters. The number of ether oxygens (including phenoxy) is 1. The lowest BCUT2D eigenvalue weighted by atomic mass is 10.1. The van der Waals surface area contributed by atoms with Crippen LogP contribution in [0.3, 0.4) is 0 Å². The highest BCUT2D eigenvalue weighted by atomic mass is 32.2. The number of ketones is 1. The molecule has 1 amide bonds. The maximum Gasteiger partial charge on any atom is 0.230 e. The largest absolute Gasteiger partial charge is 0.494 e. The highest BCUT2D eigenvalue weighted by Crippen LogP contribution is 2.25. The number of thioether (sulfide) groups is 1. The van der Waals surface area contributed by atoms with Gasteiger partial charge in [0.15, 0.2) is 5.78 Å². The molecule has 126 valence electrons. The van der Waals surface area contributed by atoms with Gasteiger partial charge >= 0.3 is 0 Å². The van der Waals surface area contributed by atoms with Crippen LogP contribution in [0.4, 0.5) is 0 Å². The number of amides is 1. The Balaban J connectivity index is 1.88. The van der Waals surface area contributed by atoms with Crippen LogP contribution in [0.2, 0.25) is 0 Å². The van der Waals surface area contributed by atoms with E-state index >= 15 is 0 Å². The summed E-state index contributed by atoms with van der Waals surface area (Å²) in [5.41, 5.74) is 1.65. The van der Waals surface area contributed by atoms with E-state index in [0.29, 0.717) is 29.7 Å². The van der Waals surface area contributed by atoms with Gasteiger partial charge in [-0.15, -0.1) is 11.8 Å². The summed E-state index contributed by atoms with van der Waals surface area (Å²) in [6, 6.07) is 5.86. The number of nitrogens with one attached hydrogen (secondary N) is 1. The molecular weight excluding hydrogens is 310 g/mol. The molecule has 0 aliphatic heterocycles. The van der Waals surface area contributed by atoms with Crippen molar-refractivity contribution >= 4 is 23.5 Å². The summed E-state index contributed by atoms with van der Waals surface area (Å²) in [5, 5.41) is 3.09. The summed E-state index contributed by atoms with van der Waals surface area (Å²) in [4.78, 5) is 23.5. The Bertz CT molecular complexity index is 553. The van der Waals surface area contributed by atoms with E-state index in [9.17, 15) is 9.59 Å². The Morgan fingerprint density at radius 3 is 2.70 bits per heavy atom. The van der Waals surface area contributed by atoms with Crippen LogP contribution < -0.4 is 10.1 Å². The van der Waals surface area contributed by atoms with Gasteiger partial charge in [-0.2, -0.15) is 0 Å². The van der Waals surface area contributed by atoms with Crippen LogP contribution in [0.15, 0.2) is 18.2 Å². The molecular formula is C18H25NO3S. The fourth-order valence-electron chi connectivity index (χ4n) is 2.80. The van der Waals surface area contributed by atoms with Gasteiger partial charge < -0.3 is 10.1 Å². The standard InChI is InChI=1S/C18H25NO3S/c1-3-22-17-9-8-14(13(2)20)10-15(17)11-23-12-18(21)19-16-6-4-5-7-16/h8-10,16H,3-7,11-12H2,1-2H3,(H,19,21). The fraction of sp³-hybridized carbons (Fsp3) is 0.556. The first kappa shape index (κ1) is 17.9. The third kappa shape index (κ3) is 5.57. The summed E-state index contributed by atoms with van der Waals surface area (Å²) in [6.07, 6.45) is 4.64. The first-order valence-corrected chi connectivity index (χ1v) is 9.39. The Morgan fingerprint density at radius 1 is 1.30 bits per heavy atom. The van der Waals surface area contributed by atoms with Crippen molar-refractivity contribution in [3.63, 3.8) is 0 Å². The molecule has 0 heterocycles. The molecule has 0 bridgehead atoms. The molecule has 4 nitrogen and oxygen atoms in total. The first-order chi connectivity index (χ1) is 11.1. The second-order valence-electron chi connectivity index (χ2n) is 5.85. The van der Waals surface area contributed by atoms with Crippen LogP contribution in [0.1, 0.15) is 55.5 Å². The zero-order valence-electron chi connectivity index (χ0n) is 13.9. The van der Waals surface area contributed by atoms with Crippen molar-refractivity contribution in [1.82, 2.24) is 5.32 Å². The van der Waals surface area contributed by atoms with Crippen LogP contribution in [0.5, 0.6) is 5.75 Å². The summed E-state index contributed by atoms with van der Waals surface area (Å²) >= 11 is 1.55. The lowest BCUT2D eigenvalue weighted by molar-refractivity contribution is -0.119. The molecule has 0 unspecified atom stereocenters. The van der Waals surface area contributed by atoms with Gasteiger partial charge in [0.25, 0.3) is 0 Å². The van der Waals surface area contributed by atoms with Crippen molar-refractivity contribution in [1.29, 1.82) is 0 Å². The lowest BCUT2D eigenvalue weighted by Gasteiger charge is -2.13. The molecule has 0 spiro atoms. The Kier molecular flexibility index (Phi) is 6.96. The monoisotopic (exact) mass is 335 g/mol. The highest BCUT2D eigenvalue weighted by Gasteiger charge is 2.17. The van der Waals surface area contributed by atoms with E-state index in [1.807, 2.05) is 19.1 Å². The number of Topliss-reactive ketones (excluding diaryl/α,β-unsaturated/α-hetero) is 1. The number of benzene rings is 1. The Labute approximate surface area is 142 Å². The van der Waals surface area contributed by atoms with Crippen molar-refractivity contribution in [2.75, 3.05) is 12.4 Å². The Hall–Kier alpha value is -1.49. The van der Waals surface area contributed by atoms with Crippen molar-refractivity contribution < 1.29 is 14.3 Å². The molecule has 2 rings (SSSR count). The van der Waals surface area contributed by atoms with E-state index in [0.717, 1.165) is 24.2 Å². The molecule has 5 heteroatoms. The van der Waals surface area contributed by atoms with Crippen LogP contribution in [-0.4, -0.2) is 30.1 Å². The van der Waals surface area contributed by atoms with Crippen molar-refractivity contribution in [2.24, 2.45) is 0 Å². The molecule has 1 saturated carbocycles. The van der Waals surface area contributed by atoms with E-state index < -0.39 is 0 Å². The van der Waals surface area contributed by atoms with Crippen LogP contribution in [-0.2, 0) is 10.5 Å². The maximum absolute atomic E-state index is 12.0. The van der Waals surface area contributed by atoms with Gasteiger partial charge in [-0.3, -0.25) is 9.59 Å². The molecule has 1 aliphatic rings. The molecule has 1 aliphatic carbocycles. The number of rotatable bonds is 8. The minimum Gasteiger partial charge on any atom is -0.494 e. The molecule has 0 radical (unpaired) electrons. The van der Waals surface area contributed by atoms with E-state index in [1.165, 1.54) is 12.8 Å². The first-order valence-electron chi connectivity index (χ1n) is 8.24. The predicted octanol–water partition coefficient (Wildman–Crippen LogP) is 3.58. The summed E-state index contributed by atoms with van der Waals surface area (Å²) in [6.45, 7) is 4.08. The van der Waals surface area contributed by atoms with Gasteiger partial charge in [-0.25, -0.2) is 0 Å². The summed E-state index contributed by atoms with van der Waals surface area (Å²) < 4.78 is 5.61. The van der Waals surface area contributed by atoms with Gasteiger partial charge in [0.1, 0.15) is 5.75 Å². The molecule has 0 aromatic heterocycles. The van der Waals surface area contributed by atoms with Gasteiger partial charge in [0.2, 0.25) is 5.91 Å². The number of carbonyl (C=O) groups excluding carboxylic acids is 2. The third-order valence-corrected chi connectivity index (χ3v) is 4.96. The van der Waals surface area contributed by atoms with Crippen LogP contribution >= 0.6 is 11.8 Å². The van der Waals surface area contributed by atoms with Crippen molar-refractivity contribution in [3.05, 3.63) is 29.3 Å². The predicted molar refractivity (Wildman–Crippen MR) is 94.2 cm³/mol. The molecule has 1 fully saturated rings. The molecule has 1 aromatic carbocycles. The molecule has 0 saturated heterocycles. The highest BCUT2D eigenvalue weighted by molar-refractivity contribution is 7.99. The SMILES string of the molecule is CCOc1ccc(C(C)=O)cc1CSCC(=O)NC1CCCC1. The summed E-state index contributed by atoms with van der Waals surface area (Å²) in [7, 11) is 0. The van der Waals surface area contributed by atoms with E-state index in [2.05, 4.69) is 5.32 Å². The van der Waals surface area contributed by atoms with E-state index in [1.54, 1.807) is 24.8 Å². The Morgan fingerprint density at radius 2 is 2.04 bits per heavy atom. The van der Waals surface area contributed by atoms with Gasteiger partial charge in [-0.05, 0) is 44.9 Å². The molecule has 1 aromatic rings. The topological polar surface area (TPSA) is 55.4 Å². The molecule has 1 N–H and O–H groups in total. The number of hydrogen-bond acceptors (Lipinski definition) is 4. The van der Waals surface area contributed by atoms with Gasteiger partial charge in [0.05, 0.1) is 12.4 Å². The third-order valence-electron chi connectivity index (χ3n) is 3.98. The lowest BCUT2D eigenvalue weighted by Crippen LogP contribution is -2.33. The average Bonchev–Trinajstić information content (AvgIpc) is 3.01. The quantitative estimate of drug-likeness (QED) is 0.738. The zero-order valence-corrected chi connectivity index (χ0v) is 14.7. The minimum atomic E-state index is 0.0401. The van der Waals surface area contributed by atoms with Crippen molar-refractivity contribution in [2.45, 2.75) is 51.3 Å². The van der Waals surface area contributed by atoms with Crippen molar-refractivity contribution in [3.8, 4) is 5.75 Å². The average molecular weight is 335 g/mol. The van der Waals surface area contributed by atoms with E-state index in [-0.39, 0.29) is 11.7 Å². The zero-order chi connectivity index (χ0) is 16.7. The van der Waals surface area contributed by atoms with E-state index in [4.69, 9.17) is 4.74 Å². The molecule has 23 heavy (non-hydrogen) atoms. The normalized spacial score (nSPS) is 14.7. The van der Waals surface area contributed by atoms with Gasteiger partial charge in [0, 0.05) is 22.9 Å². The second kappa shape index (κ2) is 8.96. The van der Waals surface area contributed by atoms with Crippen LogP contribution in [0.25, 0.3) is 0 Å². The number of hydrogen-bond donors (Lipinski definition) is 1. The number of carbonyl (C=O) groups is 2.